The quantitative estimate of drug-likeness (QED) is 0.697. The molecule has 3 atom stereocenters. The van der Waals surface area contributed by atoms with Crippen molar-refractivity contribution in [1.82, 2.24) is 5.32 Å². The maximum absolute atomic E-state index is 11.3. The molecule has 0 aliphatic rings. The number of hydrogen-bond donors (Lipinski definition) is 3. The molecular weight excluding hydrogens is 204 g/mol. The first-order valence-electron chi connectivity index (χ1n) is 5.31. The van der Waals surface area contributed by atoms with E-state index in [0.29, 0.717) is 0 Å². The highest BCUT2D eigenvalue weighted by Gasteiger charge is 2.19. The second kappa shape index (κ2) is 5.63. The van der Waals surface area contributed by atoms with E-state index < -0.39 is 12.1 Å². The van der Waals surface area contributed by atoms with Crippen LogP contribution in [0, 0.1) is 0 Å². The lowest BCUT2D eigenvalue weighted by molar-refractivity contribution is -0.123. The van der Waals surface area contributed by atoms with E-state index in [1.165, 1.54) is 0 Å². The first-order valence-corrected chi connectivity index (χ1v) is 5.31. The van der Waals surface area contributed by atoms with Crippen molar-refractivity contribution >= 4 is 5.91 Å². The third-order valence-electron chi connectivity index (χ3n) is 2.40. The third kappa shape index (κ3) is 3.32. The van der Waals surface area contributed by atoms with Gasteiger partial charge in [-0.05, 0) is 19.4 Å². The largest absolute Gasteiger partial charge is 0.386 e. The molecule has 0 spiro atoms. The lowest BCUT2D eigenvalue weighted by Gasteiger charge is -2.21. The minimum absolute atomic E-state index is 0.262. The van der Waals surface area contributed by atoms with Gasteiger partial charge in [-0.25, -0.2) is 0 Å². The van der Waals surface area contributed by atoms with Crippen molar-refractivity contribution in [3.05, 3.63) is 35.9 Å². The third-order valence-corrected chi connectivity index (χ3v) is 2.40. The first-order chi connectivity index (χ1) is 7.52. The molecule has 16 heavy (non-hydrogen) atoms. The molecule has 0 heterocycles. The fourth-order valence-corrected chi connectivity index (χ4v) is 1.37. The number of nitrogens with two attached hydrogens (primary N) is 1. The van der Waals surface area contributed by atoms with Gasteiger partial charge in [-0.15, -0.1) is 0 Å². The molecule has 0 saturated carbocycles. The summed E-state index contributed by atoms with van der Waals surface area (Å²) < 4.78 is 0. The predicted molar refractivity (Wildman–Crippen MR) is 62.7 cm³/mol. The van der Waals surface area contributed by atoms with Crippen LogP contribution in [0.2, 0.25) is 0 Å². The molecule has 0 aromatic heterocycles. The van der Waals surface area contributed by atoms with Crippen LogP contribution in [0.3, 0.4) is 0 Å². The van der Waals surface area contributed by atoms with Gasteiger partial charge in [-0.2, -0.15) is 0 Å². The smallest absolute Gasteiger partial charge is 0.236 e. The number of aliphatic hydroxyl groups is 1. The second-order valence-corrected chi connectivity index (χ2v) is 3.94. The van der Waals surface area contributed by atoms with Crippen molar-refractivity contribution < 1.29 is 9.90 Å². The normalized spacial score (nSPS) is 16.2. The minimum Gasteiger partial charge on any atom is -0.386 e. The average molecular weight is 222 g/mol. The van der Waals surface area contributed by atoms with Gasteiger partial charge in [0.15, 0.2) is 0 Å². The zero-order chi connectivity index (χ0) is 12.1. The standard InChI is InChI=1S/C12H18N2O2/c1-8(13)12(16)14-9(2)11(15)10-6-4-3-5-7-10/h3-9,11,15H,13H2,1-2H3,(H,14,16). The van der Waals surface area contributed by atoms with Crippen LogP contribution in [0.5, 0.6) is 0 Å². The Labute approximate surface area is 95.5 Å². The highest BCUT2D eigenvalue weighted by atomic mass is 16.3. The van der Waals surface area contributed by atoms with Crippen LogP contribution in [-0.2, 0) is 4.79 Å². The van der Waals surface area contributed by atoms with Gasteiger partial charge in [0.2, 0.25) is 5.91 Å². The van der Waals surface area contributed by atoms with Gasteiger partial charge in [0.1, 0.15) is 0 Å². The summed E-state index contributed by atoms with van der Waals surface area (Å²) in [5, 5.41) is 12.6. The first kappa shape index (κ1) is 12.7. The van der Waals surface area contributed by atoms with Crippen LogP contribution in [0.15, 0.2) is 30.3 Å². The van der Waals surface area contributed by atoms with Crippen molar-refractivity contribution in [2.24, 2.45) is 5.73 Å². The van der Waals surface area contributed by atoms with E-state index in [2.05, 4.69) is 5.32 Å². The maximum atomic E-state index is 11.3. The van der Waals surface area contributed by atoms with Crippen molar-refractivity contribution in [2.75, 3.05) is 0 Å². The SMILES string of the molecule is CC(N)C(=O)NC(C)C(O)c1ccccc1. The summed E-state index contributed by atoms with van der Waals surface area (Å²) in [4.78, 5) is 11.3. The molecule has 0 saturated heterocycles. The lowest BCUT2D eigenvalue weighted by atomic mass is 10.0. The molecule has 1 rings (SSSR count). The fourth-order valence-electron chi connectivity index (χ4n) is 1.37. The topological polar surface area (TPSA) is 75.4 Å². The summed E-state index contributed by atoms with van der Waals surface area (Å²) >= 11 is 0. The van der Waals surface area contributed by atoms with Gasteiger partial charge < -0.3 is 16.2 Å². The summed E-state index contributed by atoms with van der Waals surface area (Å²) in [5.41, 5.74) is 6.21. The van der Waals surface area contributed by atoms with Gasteiger partial charge in [-0.1, -0.05) is 30.3 Å². The number of hydrogen-bond acceptors (Lipinski definition) is 3. The molecule has 0 fully saturated rings. The summed E-state index contributed by atoms with van der Waals surface area (Å²) in [6, 6.07) is 8.28. The molecule has 1 aromatic rings. The van der Waals surface area contributed by atoms with Crippen molar-refractivity contribution in [2.45, 2.75) is 32.0 Å². The minimum atomic E-state index is -0.719. The molecule has 4 nitrogen and oxygen atoms in total. The molecule has 0 bridgehead atoms. The Morgan fingerprint density at radius 3 is 2.38 bits per heavy atom. The summed E-state index contributed by atoms with van der Waals surface area (Å²) in [6.45, 7) is 3.36. The van der Waals surface area contributed by atoms with Crippen LogP contribution in [0.25, 0.3) is 0 Å². The zero-order valence-corrected chi connectivity index (χ0v) is 9.55. The number of aliphatic hydroxyl groups excluding tert-OH is 1. The second-order valence-electron chi connectivity index (χ2n) is 3.94. The number of benzene rings is 1. The Kier molecular flexibility index (Phi) is 4.46. The van der Waals surface area contributed by atoms with Crippen molar-refractivity contribution in [3.8, 4) is 0 Å². The number of nitrogens with one attached hydrogen (secondary N) is 1. The molecule has 88 valence electrons. The van der Waals surface area contributed by atoms with E-state index in [9.17, 15) is 9.90 Å². The van der Waals surface area contributed by atoms with E-state index in [4.69, 9.17) is 5.73 Å². The molecule has 1 amide bonds. The summed E-state index contributed by atoms with van der Waals surface area (Å²) in [5.74, 6) is -0.262. The van der Waals surface area contributed by atoms with Crippen molar-refractivity contribution in [1.29, 1.82) is 0 Å². The van der Waals surface area contributed by atoms with Gasteiger partial charge in [0, 0.05) is 0 Å². The molecule has 4 N–H and O–H groups in total. The molecule has 0 aliphatic heterocycles. The molecule has 0 aliphatic carbocycles. The van der Waals surface area contributed by atoms with Gasteiger partial charge >= 0.3 is 0 Å². The van der Waals surface area contributed by atoms with Crippen LogP contribution < -0.4 is 11.1 Å². The van der Waals surface area contributed by atoms with Crippen LogP contribution in [0.1, 0.15) is 25.5 Å². The highest BCUT2D eigenvalue weighted by molar-refractivity contribution is 5.81. The van der Waals surface area contributed by atoms with Gasteiger partial charge in [0.25, 0.3) is 0 Å². The number of rotatable bonds is 4. The Balaban J connectivity index is 2.61. The predicted octanol–water partition coefficient (Wildman–Crippen LogP) is 0.572. The van der Waals surface area contributed by atoms with Crippen LogP contribution in [-0.4, -0.2) is 23.1 Å². The van der Waals surface area contributed by atoms with Gasteiger partial charge in [-0.3, -0.25) is 4.79 Å². The van der Waals surface area contributed by atoms with E-state index in [0.717, 1.165) is 5.56 Å². The number of carbonyl (C=O) groups is 1. The van der Waals surface area contributed by atoms with Crippen LogP contribution in [0.4, 0.5) is 0 Å². The molecule has 4 heteroatoms. The monoisotopic (exact) mass is 222 g/mol. The Bertz CT molecular complexity index is 338. The highest BCUT2D eigenvalue weighted by Crippen LogP contribution is 2.15. The average Bonchev–Trinajstić information content (AvgIpc) is 2.28. The Hall–Kier alpha value is -1.39. The lowest BCUT2D eigenvalue weighted by Crippen LogP contribution is -2.44. The Morgan fingerprint density at radius 2 is 1.88 bits per heavy atom. The van der Waals surface area contributed by atoms with E-state index in [1.807, 2.05) is 30.3 Å². The summed E-state index contributed by atoms with van der Waals surface area (Å²) in [7, 11) is 0. The number of amides is 1. The maximum Gasteiger partial charge on any atom is 0.236 e. The van der Waals surface area contributed by atoms with E-state index in [-0.39, 0.29) is 11.9 Å². The number of carbonyl (C=O) groups excluding carboxylic acids is 1. The van der Waals surface area contributed by atoms with E-state index in [1.54, 1.807) is 13.8 Å². The van der Waals surface area contributed by atoms with Crippen LogP contribution >= 0.6 is 0 Å². The molecule has 1 aromatic carbocycles. The van der Waals surface area contributed by atoms with E-state index >= 15 is 0 Å². The van der Waals surface area contributed by atoms with Crippen molar-refractivity contribution in [3.63, 3.8) is 0 Å². The molecule has 0 radical (unpaired) electrons. The summed E-state index contributed by atoms with van der Waals surface area (Å²) in [6.07, 6.45) is -0.719. The zero-order valence-electron chi connectivity index (χ0n) is 9.55. The van der Waals surface area contributed by atoms with Gasteiger partial charge in [0.05, 0.1) is 18.2 Å². The molecular formula is C12H18N2O2. The Morgan fingerprint density at radius 1 is 1.31 bits per heavy atom. The molecule has 3 unspecified atom stereocenters. The fraction of sp³-hybridized carbons (Fsp3) is 0.417.